The molecule has 0 saturated carbocycles. The van der Waals surface area contributed by atoms with Crippen LogP contribution in [0.15, 0.2) is 48.5 Å². The molecule has 132 valence electrons. The molecule has 0 spiro atoms. The van der Waals surface area contributed by atoms with Gasteiger partial charge in [-0.15, -0.1) is 0 Å². The molecule has 3 rings (SSSR count). The molecule has 0 aliphatic carbocycles. The van der Waals surface area contributed by atoms with Gasteiger partial charge in [-0.3, -0.25) is 0 Å². The number of carbonyl (C=O) groups is 1. The molecule has 0 saturated heterocycles. The molecule has 2 aromatic rings. The molecule has 1 atom stereocenters. The Kier molecular flexibility index (Phi) is 4.83. The summed E-state index contributed by atoms with van der Waals surface area (Å²) in [6.45, 7) is 6.92. The minimum atomic E-state index is -0.228. The van der Waals surface area contributed by atoms with Gasteiger partial charge >= 0.3 is 6.03 Å². The summed E-state index contributed by atoms with van der Waals surface area (Å²) in [6.07, 6.45) is 0. The van der Waals surface area contributed by atoms with Crippen LogP contribution >= 0.6 is 0 Å². The fourth-order valence-corrected chi connectivity index (χ4v) is 2.79. The third-order valence-electron chi connectivity index (χ3n) is 4.49. The van der Waals surface area contributed by atoms with Gasteiger partial charge in [0.25, 0.3) is 0 Å². The number of fused-ring (bicyclic) bond motifs is 1. The molecule has 0 bridgehead atoms. The topological polar surface area (TPSA) is 59.6 Å². The highest BCUT2D eigenvalue weighted by Crippen LogP contribution is 2.36. The molecule has 0 aromatic heterocycles. The van der Waals surface area contributed by atoms with Crippen molar-refractivity contribution < 1.29 is 14.3 Å². The summed E-state index contributed by atoms with van der Waals surface area (Å²) in [5.74, 6) is 1.52. The second-order valence-electron chi connectivity index (χ2n) is 6.91. The van der Waals surface area contributed by atoms with Gasteiger partial charge in [-0.25, -0.2) is 4.79 Å². The summed E-state index contributed by atoms with van der Waals surface area (Å²) in [6, 6.07) is 15.6. The smallest absolute Gasteiger partial charge is 0.315 e. The van der Waals surface area contributed by atoms with Gasteiger partial charge in [0, 0.05) is 12.0 Å². The van der Waals surface area contributed by atoms with E-state index in [9.17, 15) is 4.79 Å². The van der Waals surface area contributed by atoms with Gasteiger partial charge < -0.3 is 20.1 Å². The Morgan fingerprint density at radius 2 is 1.84 bits per heavy atom. The molecule has 5 heteroatoms. The Morgan fingerprint density at radius 3 is 2.60 bits per heavy atom. The molecule has 1 aliphatic heterocycles. The van der Waals surface area contributed by atoms with Crippen LogP contribution in [0, 0.1) is 0 Å². The lowest BCUT2D eigenvalue weighted by atomic mass is 9.84. The first-order valence-electron chi connectivity index (χ1n) is 8.45. The number of hydrogen-bond acceptors (Lipinski definition) is 3. The first kappa shape index (κ1) is 17.1. The number of amides is 2. The molecule has 0 radical (unpaired) electrons. The van der Waals surface area contributed by atoms with E-state index in [2.05, 4.69) is 24.5 Å². The highest BCUT2D eigenvalue weighted by Gasteiger charge is 2.25. The van der Waals surface area contributed by atoms with Crippen molar-refractivity contribution in [1.82, 2.24) is 10.6 Å². The van der Waals surface area contributed by atoms with Gasteiger partial charge in [0.1, 0.15) is 0 Å². The van der Waals surface area contributed by atoms with Crippen molar-refractivity contribution in [1.29, 1.82) is 0 Å². The fraction of sp³-hybridized carbons (Fsp3) is 0.350. The number of carbonyl (C=O) groups excluding carboxylic acids is 1. The maximum Gasteiger partial charge on any atom is 0.315 e. The van der Waals surface area contributed by atoms with Gasteiger partial charge in [0.15, 0.2) is 11.5 Å². The van der Waals surface area contributed by atoms with E-state index in [0.29, 0.717) is 6.54 Å². The van der Waals surface area contributed by atoms with E-state index >= 15 is 0 Å². The van der Waals surface area contributed by atoms with Gasteiger partial charge in [0.05, 0.1) is 6.04 Å². The zero-order valence-electron chi connectivity index (χ0n) is 14.8. The van der Waals surface area contributed by atoms with Crippen molar-refractivity contribution in [3.8, 4) is 11.5 Å². The Morgan fingerprint density at radius 1 is 1.12 bits per heavy atom. The highest BCUT2D eigenvalue weighted by atomic mass is 16.7. The molecule has 1 heterocycles. The van der Waals surface area contributed by atoms with Crippen LogP contribution in [-0.4, -0.2) is 19.4 Å². The quantitative estimate of drug-likeness (QED) is 0.871. The standard InChI is InChI=1S/C20H24N2O3/c1-14(15-7-5-4-6-8-15)22-19(23)21-12-20(2,3)16-9-10-17-18(11-16)25-13-24-17/h4-11,14H,12-13H2,1-3H3,(H2,21,22,23). The predicted molar refractivity (Wildman–Crippen MR) is 97.0 cm³/mol. The molecular weight excluding hydrogens is 316 g/mol. The number of rotatable bonds is 5. The molecule has 2 N–H and O–H groups in total. The van der Waals surface area contributed by atoms with E-state index in [1.807, 2.05) is 55.5 Å². The summed E-state index contributed by atoms with van der Waals surface area (Å²) < 4.78 is 10.8. The number of urea groups is 1. The summed E-state index contributed by atoms with van der Waals surface area (Å²) >= 11 is 0. The summed E-state index contributed by atoms with van der Waals surface area (Å²) in [7, 11) is 0. The van der Waals surface area contributed by atoms with Crippen LogP contribution < -0.4 is 20.1 Å². The summed E-state index contributed by atoms with van der Waals surface area (Å²) in [4.78, 5) is 12.2. The van der Waals surface area contributed by atoms with Gasteiger partial charge in [0.2, 0.25) is 6.79 Å². The van der Waals surface area contributed by atoms with E-state index in [4.69, 9.17) is 9.47 Å². The van der Waals surface area contributed by atoms with E-state index < -0.39 is 0 Å². The monoisotopic (exact) mass is 340 g/mol. The van der Waals surface area contributed by atoms with Gasteiger partial charge in [-0.05, 0) is 30.2 Å². The summed E-state index contributed by atoms with van der Waals surface area (Å²) in [5.41, 5.74) is 1.94. The maximum atomic E-state index is 12.2. The maximum absolute atomic E-state index is 12.2. The Balaban J connectivity index is 1.57. The normalized spacial score (nSPS) is 14.0. The first-order valence-corrected chi connectivity index (χ1v) is 8.45. The van der Waals surface area contributed by atoms with Crippen molar-refractivity contribution in [2.45, 2.75) is 32.2 Å². The lowest BCUT2D eigenvalue weighted by molar-refractivity contribution is 0.174. The molecule has 25 heavy (non-hydrogen) atoms. The zero-order valence-corrected chi connectivity index (χ0v) is 14.8. The second kappa shape index (κ2) is 7.05. The molecule has 1 aliphatic rings. The van der Waals surface area contributed by atoms with Crippen LogP contribution in [0.3, 0.4) is 0 Å². The average Bonchev–Trinajstić information content (AvgIpc) is 3.08. The molecule has 2 aromatic carbocycles. The Bertz CT molecular complexity index is 744. The lowest BCUT2D eigenvalue weighted by Crippen LogP contribution is -2.43. The van der Waals surface area contributed by atoms with Crippen LogP contribution in [0.2, 0.25) is 0 Å². The van der Waals surface area contributed by atoms with Crippen molar-refractivity contribution >= 4 is 6.03 Å². The predicted octanol–water partition coefficient (Wildman–Crippen LogP) is 3.75. The summed E-state index contributed by atoms with van der Waals surface area (Å²) in [5, 5.41) is 5.93. The zero-order chi connectivity index (χ0) is 17.9. The minimum Gasteiger partial charge on any atom is -0.454 e. The third kappa shape index (κ3) is 4.05. The fourth-order valence-electron chi connectivity index (χ4n) is 2.79. The van der Waals surface area contributed by atoms with Crippen LogP contribution in [0.25, 0.3) is 0 Å². The van der Waals surface area contributed by atoms with Crippen molar-refractivity contribution in [2.75, 3.05) is 13.3 Å². The number of hydrogen-bond donors (Lipinski definition) is 2. The highest BCUT2D eigenvalue weighted by molar-refractivity contribution is 5.74. The van der Waals surface area contributed by atoms with E-state index in [0.717, 1.165) is 22.6 Å². The van der Waals surface area contributed by atoms with Crippen molar-refractivity contribution in [3.05, 3.63) is 59.7 Å². The van der Waals surface area contributed by atoms with E-state index in [1.165, 1.54) is 0 Å². The van der Waals surface area contributed by atoms with Crippen molar-refractivity contribution in [2.24, 2.45) is 0 Å². The van der Waals surface area contributed by atoms with Crippen LogP contribution in [0.1, 0.15) is 37.9 Å². The molecule has 1 unspecified atom stereocenters. The number of nitrogens with one attached hydrogen (secondary N) is 2. The van der Waals surface area contributed by atoms with Crippen LogP contribution in [0.5, 0.6) is 11.5 Å². The molecule has 2 amide bonds. The van der Waals surface area contributed by atoms with Crippen molar-refractivity contribution in [3.63, 3.8) is 0 Å². The van der Waals surface area contributed by atoms with E-state index in [1.54, 1.807) is 0 Å². The Labute approximate surface area is 148 Å². The van der Waals surface area contributed by atoms with Gasteiger partial charge in [-0.2, -0.15) is 0 Å². The average molecular weight is 340 g/mol. The molecular formula is C20H24N2O3. The Hall–Kier alpha value is -2.69. The SMILES string of the molecule is CC(NC(=O)NCC(C)(C)c1ccc2c(c1)OCO2)c1ccccc1. The minimum absolute atomic E-state index is 0.0464. The number of ether oxygens (including phenoxy) is 2. The largest absolute Gasteiger partial charge is 0.454 e. The second-order valence-corrected chi connectivity index (χ2v) is 6.91. The molecule has 0 fully saturated rings. The number of benzene rings is 2. The third-order valence-corrected chi connectivity index (χ3v) is 4.49. The lowest BCUT2D eigenvalue weighted by Gasteiger charge is -2.26. The first-order chi connectivity index (χ1) is 12.0. The van der Waals surface area contributed by atoms with Crippen LogP contribution in [-0.2, 0) is 5.41 Å². The van der Waals surface area contributed by atoms with Gasteiger partial charge in [-0.1, -0.05) is 50.2 Å². The van der Waals surface area contributed by atoms with E-state index in [-0.39, 0.29) is 24.3 Å². The van der Waals surface area contributed by atoms with Crippen LogP contribution in [0.4, 0.5) is 4.79 Å². The molecule has 5 nitrogen and oxygen atoms in total.